The van der Waals surface area contributed by atoms with Gasteiger partial charge in [-0.15, -0.1) is 0 Å². The fourth-order valence-corrected chi connectivity index (χ4v) is 11.7. The Hall–Kier alpha value is -8.68. The van der Waals surface area contributed by atoms with E-state index in [9.17, 15) is 43.3 Å². The molecule has 6 aliphatic rings. The van der Waals surface area contributed by atoms with Gasteiger partial charge in [0.1, 0.15) is 59.3 Å². The number of benzene rings is 7. The molecule has 0 unspecified atom stereocenters. The van der Waals surface area contributed by atoms with Crippen molar-refractivity contribution >= 4 is 36.0 Å². The molecule has 1 saturated heterocycles. The highest BCUT2D eigenvalue weighted by Gasteiger charge is 2.63. The summed E-state index contributed by atoms with van der Waals surface area (Å²) < 4.78 is 58.0. The Bertz CT molecular complexity index is 3760. The van der Waals surface area contributed by atoms with Crippen molar-refractivity contribution in [2.24, 2.45) is 0 Å². The summed E-state index contributed by atoms with van der Waals surface area (Å²) in [5, 5.41) is 43.1. The van der Waals surface area contributed by atoms with E-state index in [-0.39, 0.29) is 41.9 Å². The summed E-state index contributed by atoms with van der Waals surface area (Å²) in [6.45, 7) is 9.79. The molecule has 0 saturated carbocycles. The van der Waals surface area contributed by atoms with E-state index >= 15 is 0 Å². The van der Waals surface area contributed by atoms with Crippen LogP contribution in [0.3, 0.4) is 0 Å². The van der Waals surface area contributed by atoms with Gasteiger partial charge in [-0.25, -0.2) is 8.78 Å². The summed E-state index contributed by atoms with van der Waals surface area (Å²) in [4.78, 5) is 41.0. The van der Waals surface area contributed by atoms with Crippen LogP contribution in [0.25, 0.3) is 12.2 Å². The van der Waals surface area contributed by atoms with Crippen LogP contribution in [0.5, 0.6) is 11.5 Å². The lowest BCUT2D eigenvalue weighted by Crippen LogP contribution is -2.45. The second-order valence-corrected chi connectivity index (χ2v) is 23.1. The number of esters is 4. The van der Waals surface area contributed by atoms with E-state index in [0.29, 0.717) is 49.7 Å². The number of fused-ring (bicyclic) bond motifs is 7. The number of ether oxygens (including phenoxy) is 6. The maximum absolute atomic E-state index is 13.3. The van der Waals surface area contributed by atoms with Gasteiger partial charge in [-0.1, -0.05) is 133 Å². The minimum absolute atomic E-state index is 0.146. The molecule has 5 N–H and O–H groups in total. The van der Waals surface area contributed by atoms with E-state index in [1.54, 1.807) is 33.0 Å². The highest BCUT2D eigenvalue weighted by Crippen LogP contribution is 2.58. The normalized spacial score (nSPS) is 20.8. The lowest BCUT2D eigenvalue weighted by Gasteiger charge is -2.31. The highest BCUT2D eigenvalue weighted by atomic mass is 19.1. The van der Waals surface area contributed by atoms with Crippen molar-refractivity contribution in [2.45, 2.75) is 109 Å². The predicted octanol–water partition coefficient (Wildman–Crippen LogP) is 10.8. The molecule has 0 spiro atoms. The fraction of sp³-hybridized carbons (Fsp3) is 0.315. The fourth-order valence-electron chi connectivity index (χ4n) is 11.7. The minimum atomic E-state index is -1.36. The van der Waals surface area contributed by atoms with E-state index in [1.165, 1.54) is 90.9 Å². The Morgan fingerprint density at radius 1 is 0.544 bits per heavy atom. The molecule has 1 aliphatic heterocycles. The Balaban J connectivity index is 0.000000144. The van der Waals surface area contributed by atoms with Crippen LogP contribution in [0.15, 0.2) is 169 Å². The molecule has 5 aliphatic carbocycles. The molecular weight excluding hydrogens is 1150 g/mol. The van der Waals surface area contributed by atoms with Crippen molar-refractivity contribution in [2.75, 3.05) is 40.0 Å². The molecule has 0 aromatic heterocycles. The zero-order valence-corrected chi connectivity index (χ0v) is 51.6. The molecule has 13 rings (SSSR count). The van der Waals surface area contributed by atoms with Crippen LogP contribution < -0.4 is 14.8 Å². The van der Waals surface area contributed by atoms with Crippen LogP contribution in [0, 0.1) is 25.5 Å². The van der Waals surface area contributed by atoms with Crippen molar-refractivity contribution in [1.82, 2.24) is 5.32 Å². The number of nitrogens with one attached hydrogen (secondary N) is 1. The number of aliphatic hydroxyl groups is 4. The summed E-state index contributed by atoms with van der Waals surface area (Å²) in [6, 6.07) is 48.8. The minimum Gasteiger partial charge on any atom is -0.482 e. The average Bonchev–Trinajstić information content (AvgIpc) is 1.56. The number of hydrogen-bond donors (Lipinski definition) is 5. The molecule has 1 fully saturated rings. The van der Waals surface area contributed by atoms with Gasteiger partial charge in [-0.3, -0.25) is 19.2 Å². The number of likely N-dealkylation sites (N-methyl/N-ethyl adjacent to an activating group) is 1. The molecule has 1 heterocycles. The number of carbonyl (C=O) groups excluding carboxylic acids is 4. The van der Waals surface area contributed by atoms with E-state index in [4.69, 9.17) is 28.8 Å². The highest BCUT2D eigenvalue weighted by molar-refractivity contribution is 5.82. The second kappa shape index (κ2) is 30.2. The molecule has 0 amide bonds. The largest absolute Gasteiger partial charge is 0.482 e. The van der Waals surface area contributed by atoms with Gasteiger partial charge in [0.2, 0.25) is 0 Å². The van der Waals surface area contributed by atoms with Crippen LogP contribution in [0.4, 0.5) is 8.78 Å². The molecule has 15 nitrogen and oxygen atoms in total. The molecule has 17 heteroatoms. The third kappa shape index (κ3) is 17.2. The summed E-state index contributed by atoms with van der Waals surface area (Å²) in [6.07, 6.45) is 6.74. The zero-order valence-electron chi connectivity index (χ0n) is 51.6. The van der Waals surface area contributed by atoms with E-state index in [2.05, 4.69) is 58.6 Å². The third-order valence-electron chi connectivity index (χ3n) is 15.9. The molecule has 7 aromatic carbocycles. The summed E-state index contributed by atoms with van der Waals surface area (Å²) in [7, 11) is 1.81. The Labute approximate surface area is 523 Å². The quantitative estimate of drug-likeness (QED) is 0.0332. The Morgan fingerprint density at radius 2 is 0.978 bits per heavy atom. The maximum atomic E-state index is 13.3. The molecule has 0 radical (unpaired) electrons. The first-order valence-electron chi connectivity index (χ1n) is 29.6. The number of rotatable bonds is 12. The molecule has 90 heavy (non-hydrogen) atoms. The Kier molecular flexibility index (Phi) is 22.6. The topological polar surface area (TPSA) is 220 Å². The monoisotopic (exact) mass is 1230 g/mol. The molecular formula is C73H77F2NO14. The van der Waals surface area contributed by atoms with Gasteiger partial charge in [-0.05, 0) is 148 Å². The third-order valence-corrected chi connectivity index (χ3v) is 15.9. The first-order chi connectivity index (χ1) is 43.1. The number of halogens is 2. The van der Waals surface area contributed by atoms with E-state index in [0.717, 1.165) is 52.7 Å². The number of carbonyl (C=O) groups is 4. The average molecular weight is 1230 g/mol. The summed E-state index contributed by atoms with van der Waals surface area (Å²) in [5.74, 6) is -1.11. The SMILES string of the molecule is CC(=O)OC(C)=O.CC(=O)OCC1=Cc2ccccc2C1.CC(=O)OC[C@]12Cc3ccccc3[C@H]1O2.CNC[C@]1(O)Cc2ccccc2[C@@H]1Oc1ccc(F)cc1C.Cc1cc(F)ccc1O[C@H]1c2ccccc2C[C@@]1(O)CO.OCC1=Cc2ccccc2C1. The second-order valence-electron chi connectivity index (χ2n) is 23.1. The predicted molar refractivity (Wildman–Crippen MR) is 336 cm³/mol. The van der Waals surface area contributed by atoms with Crippen molar-refractivity contribution in [3.63, 3.8) is 0 Å². The van der Waals surface area contributed by atoms with Gasteiger partial charge < -0.3 is 54.2 Å². The van der Waals surface area contributed by atoms with Crippen molar-refractivity contribution < 1.29 is 76.8 Å². The summed E-state index contributed by atoms with van der Waals surface area (Å²) >= 11 is 0. The first kappa shape index (κ1) is 67.3. The molecule has 6 atom stereocenters. The lowest BCUT2D eigenvalue weighted by molar-refractivity contribution is -0.156. The smallest absolute Gasteiger partial charge is 0.310 e. The first-order valence-corrected chi connectivity index (χ1v) is 29.6. The molecule has 472 valence electrons. The zero-order chi connectivity index (χ0) is 64.8. The van der Waals surface area contributed by atoms with Gasteiger partial charge in [0.25, 0.3) is 0 Å². The summed E-state index contributed by atoms with van der Waals surface area (Å²) in [5.41, 5.74) is 12.7. The maximum Gasteiger partial charge on any atom is 0.310 e. The van der Waals surface area contributed by atoms with Crippen LogP contribution in [-0.2, 0) is 70.2 Å². The van der Waals surface area contributed by atoms with Crippen LogP contribution >= 0.6 is 0 Å². The Morgan fingerprint density at radius 3 is 1.41 bits per heavy atom. The lowest BCUT2D eigenvalue weighted by atomic mass is 9.97. The van der Waals surface area contributed by atoms with Crippen molar-refractivity contribution in [1.29, 1.82) is 0 Å². The van der Waals surface area contributed by atoms with Crippen molar-refractivity contribution in [3.05, 3.63) is 247 Å². The number of hydrogen-bond acceptors (Lipinski definition) is 15. The number of epoxide rings is 1. The van der Waals surface area contributed by atoms with Gasteiger partial charge in [0.05, 0.1) is 13.2 Å². The van der Waals surface area contributed by atoms with E-state index in [1.807, 2.05) is 84.9 Å². The van der Waals surface area contributed by atoms with Crippen LogP contribution in [-0.4, -0.2) is 101 Å². The van der Waals surface area contributed by atoms with Gasteiger partial charge in [0.15, 0.2) is 12.2 Å². The van der Waals surface area contributed by atoms with Crippen LogP contribution in [0.2, 0.25) is 0 Å². The van der Waals surface area contributed by atoms with Gasteiger partial charge in [0, 0.05) is 53.5 Å². The number of aryl methyl sites for hydroxylation is 2. The molecule has 0 bridgehead atoms. The number of aliphatic hydroxyl groups excluding tert-OH is 2. The van der Waals surface area contributed by atoms with Gasteiger partial charge in [-0.2, -0.15) is 0 Å². The van der Waals surface area contributed by atoms with Gasteiger partial charge >= 0.3 is 23.9 Å². The van der Waals surface area contributed by atoms with E-state index < -0.39 is 42.0 Å². The standard InChI is InChI=1S/C18H20FNO2.C17H17FO3.C12H12O3.C12H12O2.C10H10O.C4H6O3/c1-12-9-14(19)7-8-16(12)22-17-15-6-4-3-5-13(15)10-18(17,21)11-20-2;1-11-8-13(18)6-7-15(11)21-16-14-5-3-2-4-12(14)9-17(16,20)10-19;1-8(13)14-7-12-6-9-4-2-3-5-10(9)11(12)15-12;1-9(13)14-8-10-6-11-4-2-3-5-12(11)7-10;11-7-8-5-9-3-1-2-4-10(9)6-8;1-3(5)7-4(2)6/h3-9,17,20-21H,10-11H2,1-2H3;2-8,16,19-20H,9-10H2,1H3;2-5,11H,6-7H2,1H3;2-6H,7-8H2,1H3;1-5,11H,6-7H2;1-2H3/t17-,18+;16-,17+;11-,12-;;;/m001.../s1. The molecule has 7 aromatic rings. The van der Waals surface area contributed by atoms with Crippen molar-refractivity contribution in [3.8, 4) is 11.5 Å². The van der Waals surface area contributed by atoms with Crippen LogP contribution in [0.1, 0.15) is 113 Å².